The van der Waals surface area contributed by atoms with Gasteiger partial charge in [0, 0.05) is 18.8 Å². The molecule has 1 heterocycles. The third kappa shape index (κ3) is 2.35. The van der Waals surface area contributed by atoms with Crippen LogP contribution in [-0.2, 0) is 11.2 Å². The van der Waals surface area contributed by atoms with Crippen LogP contribution in [0.25, 0.3) is 0 Å². The van der Waals surface area contributed by atoms with Crippen LogP contribution in [0.4, 0.5) is 5.69 Å². The van der Waals surface area contributed by atoms with Crippen molar-refractivity contribution in [3.05, 3.63) is 29.3 Å². The van der Waals surface area contributed by atoms with Gasteiger partial charge in [-0.1, -0.05) is 31.9 Å². The van der Waals surface area contributed by atoms with Crippen molar-refractivity contribution in [2.24, 2.45) is 5.92 Å². The molecule has 3 heteroatoms. The average Bonchev–Trinajstić information content (AvgIpc) is 3.06. The van der Waals surface area contributed by atoms with Crippen molar-refractivity contribution < 1.29 is 4.79 Å². The van der Waals surface area contributed by atoms with Gasteiger partial charge in [-0.05, 0) is 42.5 Å². The molecule has 0 radical (unpaired) electrons. The van der Waals surface area contributed by atoms with Crippen molar-refractivity contribution in [3.8, 4) is 0 Å². The molecule has 1 unspecified atom stereocenters. The molecule has 1 amide bonds. The molecule has 3 nitrogen and oxygen atoms in total. The van der Waals surface area contributed by atoms with E-state index < -0.39 is 0 Å². The summed E-state index contributed by atoms with van der Waals surface area (Å²) >= 11 is 0. The molecule has 1 aromatic rings. The number of benzene rings is 1. The Bertz CT molecular complexity index is 506. The van der Waals surface area contributed by atoms with Crippen molar-refractivity contribution in [3.63, 3.8) is 0 Å². The van der Waals surface area contributed by atoms with Crippen LogP contribution in [0.1, 0.15) is 49.8 Å². The Morgan fingerprint density at radius 1 is 1.35 bits per heavy atom. The predicted octanol–water partition coefficient (Wildman–Crippen LogP) is 3.05. The van der Waals surface area contributed by atoms with Crippen molar-refractivity contribution >= 4 is 11.6 Å². The molecule has 0 bridgehead atoms. The number of anilines is 1. The van der Waals surface area contributed by atoms with Crippen molar-refractivity contribution in [1.82, 2.24) is 5.32 Å². The first-order valence-electron chi connectivity index (χ1n) is 7.83. The lowest BCUT2D eigenvalue weighted by atomic mass is 9.90. The number of likely N-dealkylation sites (N-methyl/N-ethyl adjacent to an activating group) is 1. The molecule has 1 aromatic carbocycles. The highest BCUT2D eigenvalue weighted by atomic mass is 16.2. The summed E-state index contributed by atoms with van der Waals surface area (Å²) in [4.78, 5) is 13.6. The number of nitrogens with one attached hydrogen (secondary N) is 1. The zero-order valence-electron chi connectivity index (χ0n) is 12.5. The molecule has 0 aromatic heterocycles. The molecular weight excluding hydrogens is 248 g/mol. The quantitative estimate of drug-likeness (QED) is 0.913. The lowest BCUT2D eigenvalue weighted by Gasteiger charge is -2.25. The minimum Gasteiger partial charge on any atom is -0.315 e. The van der Waals surface area contributed by atoms with Gasteiger partial charge in [-0.2, -0.15) is 0 Å². The van der Waals surface area contributed by atoms with E-state index in [9.17, 15) is 4.79 Å². The molecule has 1 atom stereocenters. The second-order valence-electron chi connectivity index (χ2n) is 6.10. The average molecular weight is 272 g/mol. The zero-order valence-corrected chi connectivity index (χ0v) is 12.5. The second-order valence-corrected chi connectivity index (χ2v) is 6.10. The summed E-state index contributed by atoms with van der Waals surface area (Å²) in [5.41, 5.74) is 3.64. The topological polar surface area (TPSA) is 32.3 Å². The molecule has 1 N–H and O–H groups in total. The van der Waals surface area contributed by atoms with Crippen molar-refractivity contribution in [2.75, 3.05) is 18.5 Å². The number of fused-ring (bicyclic) bond motifs is 1. The molecule has 1 aliphatic carbocycles. The van der Waals surface area contributed by atoms with Gasteiger partial charge in [0.2, 0.25) is 5.91 Å². The van der Waals surface area contributed by atoms with Crippen LogP contribution < -0.4 is 10.2 Å². The van der Waals surface area contributed by atoms with Gasteiger partial charge in [-0.15, -0.1) is 0 Å². The Labute approximate surface area is 121 Å². The molecule has 2 aliphatic rings. The Morgan fingerprint density at radius 2 is 2.10 bits per heavy atom. The first-order chi connectivity index (χ1) is 9.70. The van der Waals surface area contributed by atoms with Crippen LogP contribution in [0.5, 0.6) is 0 Å². The maximum atomic E-state index is 11.8. The number of rotatable bonds is 4. The van der Waals surface area contributed by atoms with E-state index in [-0.39, 0.29) is 5.91 Å². The molecular formula is C17H24N2O. The van der Waals surface area contributed by atoms with Crippen molar-refractivity contribution in [1.29, 1.82) is 0 Å². The molecule has 20 heavy (non-hydrogen) atoms. The third-order valence-electron chi connectivity index (χ3n) is 4.84. The van der Waals surface area contributed by atoms with Crippen LogP contribution in [0.2, 0.25) is 0 Å². The van der Waals surface area contributed by atoms with Gasteiger partial charge in [0.1, 0.15) is 0 Å². The number of hydrogen-bond donors (Lipinski definition) is 1. The summed E-state index contributed by atoms with van der Waals surface area (Å²) in [6.07, 6.45) is 5.93. The van der Waals surface area contributed by atoms with Crippen LogP contribution in [-0.4, -0.2) is 19.5 Å². The van der Waals surface area contributed by atoms with Gasteiger partial charge in [-0.3, -0.25) is 4.79 Å². The molecule has 0 saturated heterocycles. The summed E-state index contributed by atoms with van der Waals surface area (Å²) in [5.74, 6) is 0.959. The second kappa shape index (κ2) is 5.57. The van der Waals surface area contributed by atoms with Gasteiger partial charge in [0.15, 0.2) is 0 Å². The van der Waals surface area contributed by atoms with Crippen LogP contribution in [0.3, 0.4) is 0 Å². The Hall–Kier alpha value is -1.35. The Balaban J connectivity index is 1.88. The smallest absolute Gasteiger partial charge is 0.231 e. The predicted molar refractivity (Wildman–Crippen MR) is 81.9 cm³/mol. The highest BCUT2D eigenvalue weighted by Gasteiger charge is 2.28. The van der Waals surface area contributed by atoms with Crippen molar-refractivity contribution in [2.45, 2.75) is 45.1 Å². The maximum Gasteiger partial charge on any atom is 0.231 e. The minimum atomic E-state index is 0.206. The normalized spacial score (nSPS) is 20.5. The van der Waals surface area contributed by atoms with E-state index in [1.165, 1.54) is 36.8 Å². The van der Waals surface area contributed by atoms with Gasteiger partial charge in [0.25, 0.3) is 0 Å². The highest BCUT2D eigenvalue weighted by molar-refractivity contribution is 6.00. The van der Waals surface area contributed by atoms with Gasteiger partial charge in [-0.25, -0.2) is 0 Å². The highest BCUT2D eigenvalue weighted by Crippen LogP contribution is 2.38. The number of carbonyl (C=O) groups excluding carboxylic acids is 1. The summed E-state index contributed by atoms with van der Waals surface area (Å²) in [5, 5.41) is 3.66. The maximum absolute atomic E-state index is 11.8. The fraction of sp³-hybridized carbons (Fsp3) is 0.588. The molecule has 1 aliphatic heterocycles. The third-order valence-corrected chi connectivity index (χ3v) is 4.84. The summed E-state index contributed by atoms with van der Waals surface area (Å²) in [7, 11) is 1.87. The van der Waals surface area contributed by atoms with E-state index in [1.54, 1.807) is 4.90 Å². The summed E-state index contributed by atoms with van der Waals surface area (Å²) in [6.45, 7) is 3.17. The molecule has 1 saturated carbocycles. The molecule has 1 fully saturated rings. The fourth-order valence-corrected chi connectivity index (χ4v) is 3.75. The van der Waals surface area contributed by atoms with E-state index in [4.69, 9.17) is 0 Å². The first kappa shape index (κ1) is 13.6. The number of carbonyl (C=O) groups is 1. The standard InChI is InChI=1S/C17H24N2O/c1-3-18-17(12-6-4-5-7-12)13-8-9-15-14(10-13)11-16(20)19(15)2/h8-10,12,17-18H,3-7,11H2,1-2H3. The van der Waals surface area contributed by atoms with E-state index in [2.05, 4.69) is 30.4 Å². The van der Waals surface area contributed by atoms with Gasteiger partial charge >= 0.3 is 0 Å². The Morgan fingerprint density at radius 3 is 2.80 bits per heavy atom. The lowest BCUT2D eigenvalue weighted by molar-refractivity contribution is -0.117. The first-order valence-corrected chi connectivity index (χ1v) is 7.83. The SMILES string of the molecule is CCNC(c1ccc2c(c1)CC(=O)N2C)C1CCCC1. The summed E-state index contributed by atoms with van der Waals surface area (Å²) in [6, 6.07) is 7.03. The van der Waals surface area contributed by atoms with E-state index in [1.807, 2.05) is 7.05 Å². The van der Waals surface area contributed by atoms with Crippen LogP contribution in [0, 0.1) is 5.92 Å². The van der Waals surface area contributed by atoms with Gasteiger partial charge in [0.05, 0.1) is 6.42 Å². The number of amides is 1. The largest absolute Gasteiger partial charge is 0.315 e. The van der Waals surface area contributed by atoms with Gasteiger partial charge < -0.3 is 10.2 Å². The fourth-order valence-electron chi connectivity index (χ4n) is 3.75. The van der Waals surface area contributed by atoms with E-state index in [0.29, 0.717) is 12.5 Å². The van der Waals surface area contributed by atoms with E-state index >= 15 is 0 Å². The monoisotopic (exact) mass is 272 g/mol. The van der Waals surface area contributed by atoms with Crippen LogP contribution in [0.15, 0.2) is 18.2 Å². The van der Waals surface area contributed by atoms with E-state index in [0.717, 1.165) is 18.2 Å². The Kier molecular flexibility index (Phi) is 3.79. The lowest BCUT2D eigenvalue weighted by Crippen LogP contribution is -2.27. The summed E-state index contributed by atoms with van der Waals surface area (Å²) < 4.78 is 0. The number of hydrogen-bond acceptors (Lipinski definition) is 2. The van der Waals surface area contributed by atoms with Crippen LogP contribution >= 0.6 is 0 Å². The number of nitrogens with zero attached hydrogens (tertiary/aromatic N) is 1. The molecule has 0 spiro atoms. The molecule has 3 rings (SSSR count). The zero-order chi connectivity index (χ0) is 14.1. The minimum absolute atomic E-state index is 0.206. The molecule has 108 valence electrons.